The van der Waals surface area contributed by atoms with Crippen LogP contribution in [0.5, 0.6) is 0 Å². The van der Waals surface area contributed by atoms with Gasteiger partial charge >= 0.3 is 0 Å². The zero-order valence-corrected chi connectivity index (χ0v) is 9.67. The number of hydrogen-bond donors (Lipinski definition) is 0. The largest absolute Gasteiger partial charge is 0.298 e. The first kappa shape index (κ1) is 9.74. The van der Waals surface area contributed by atoms with E-state index in [0.29, 0.717) is 0 Å². The smallest absolute Gasteiger partial charge is 0.150 e. The lowest BCUT2D eigenvalue weighted by molar-refractivity contribution is 0.112. The highest BCUT2D eigenvalue weighted by Crippen LogP contribution is 2.35. The van der Waals surface area contributed by atoms with Crippen LogP contribution in [0.1, 0.15) is 15.9 Å². The third-order valence-electron chi connectivity index (χ3n) is 2.25. The first-order valence-electron chi connectivity index (χ1n) is 4.28. The summed E-state index contributed by atoms with van der Waals surface area (Å²) in [6, 6.07) is 3.92. The van der Waals surface area contributed by atoms with Gasteiger partial charge in [-0.05, 0) is 36.3 Å². The zero-order valence-electron chi connectivity index (χ0n) is 8.03. The zero-order chi connectivity index (χ0) is 10.1. The van der Waals surface area contributed by atoms with Crippen molar-refractivity contribution in [3.63, 3.8) is 0 Å². The van der Waals surface area contributed by atoms with E-state index in [0.717, 1.165) is 17.2 Å². The summed E-state index contributed by atoms with van der Waals surface area (Å²) in [7, 11) is 0. The highest BCUT2D eigenvalue weighted by Gasteiger charge is 2.08. The number of carbonyl (C=O) groups is 1. The normalized spacial score (nSPS) is 10.7. The minimum atomic E-state index is 0.802. The molecule has 0 aliphatic carbocycles. The molecule has 0 unspecified atom stereocenters. The number of aryl methyl sites for hydroxylation is 1. The van der Waals surface area contributed by atoms with E-state index in [2.05, 4.69) is 18.6 Å². The number of thiophene rings is 1. The van der Waals surface area contributed by atoms with Gasteiger partial charge in [-0.15, -0.1) is 23.1 Å². The molecule has 2 aromatic rings. The van der Waals surface area contributed by atoms with Crippen LogP contribution in [0.25, 0.3) is 10.1 Å². The van der Waals surface area contributed by atoms with Crippen molar-refractivity contribution >= 4 is 39.5 Å². The van der Waals surface area contributed by atoms with Crippen molar-refractivity contribution in [1.29, 1.82) is 0 Å². The second kappa shape index (κ2) is 3.75. The van der Waals surface area contributed by atoms with Crippen LogP contribution in [-0.4, -0.2) is 12.5 Å². The molecule has 0 atom stereocenters. The minimum Gasteiger partial charge on any atom is -0.298 e. The van der Waals surface area contributed by atoms with Crippen molar-refractivity contribution in [2.45, 2.75) is 11.8 Å². The molecule has 1 aromatic carbocycles. The molecule has 1 heterocycles. The fourth-order valence-corrected chi connectivity index (χ4v) is 3.45. The van der Waals surface area contributed by atoms with Gasteiger partial charge in [0.25, 0.3) is 0 Å². The van der Waals surface area contributed by atoms with Crippen LogP contribution in [0.3, 0.4) is 0 Å². The lowest BCUT2D eigenvalue weighted by Crippen LogP contribution is -1.83. The molecule has 0 spiro atoms. The molecular formula is C11H10OS2. The second-order valence-corrected chi connectivity index (χ2v) is 4.83. The predicted molar refractivity (Wildman–Crippen MR) is 63.7 cm³/mol. The summed E-state index contributed by atoms with van der Waals surface area (Å²) in [6.45, 7) is 2.05. The Hall–Kier alpha value is -0.800. The van der Waals surface area contributed by atoms with E-state index >= 15 is 0 Å². The van der Waals surface area contributed by atoms with Crippen molar-refractivity contribution in [2.75, 3.05) is 6.26 Å². The first-order chi connectivity index (χ1) is 6.77. The average molecular weight is 222 g/mol. The maximum atomic E-state index is 10.9. The average Bonchev–Trinajstić information content (AvgIpc) is 2.60. The summed E-state index contributed by atoms with van der Waals surface area (Å²) < 4.78 is 1.24. The van der Waals surface area contributed by atoms with Crippen LogP contribution in [0, 0.1) is 6.92 Å². The summed E-state index contributed by atoms with van der Waals surface area (Å²) in [4.78, 5) is 12.1. The fourth-order valence-electron chi connectivity index (χ4n) is 1.57. The molecule has 0 aliphatic rings. The van der Waals surface area contributed by atoms with Crippen molar-refractivity contribution in [1.82, 2.24) is 0 Å². The van der Waals surface area contributed by atoms with Gasteiger partial charge < -0.3 is 0 Å². The van der Waals surface area contributed by atoms with Crippen molar-refractivity contribution < 1.29 is 4.79 Å². The number of thioether (sulfide) groups is 1. The van der Waals surface area contributed by atoms with Crippen LogP contribution in [-0.2, 0) is 0 Å². The first-order valence-corrected chi connectivity index (χ1v) is 6.38. The van der Waals surface area contributed by atoms with E-state index in [9.17, 15) is 4.79 Å². The van der Waals surface area contributed by atoms with Crippen molar-refractivity contribution in [3.05, 3.63) is 28.6 Å². The summed E-state index contributed by atoms with van der Waals surface area (Å²) >= 11 is 3.44. The molecule has 0 saturated heterocycles. The van der Waals surface area contributed by atoms with Crippen LogP contribution >= 0.6 is 23.1 Å². The number of aldehydes is 1. The molecule has 0 amide bonds. The van der Waals surface area contributed by atoms with Crippen LogP contribution < -0.4 is 0 Å². The Balaban J connectivity index is 2.87. The highest BCUT2D eigenvalue weighted by atomic mass is 32.2. The van der Waals surface area contributed by atoms with E-state index in [4.69, 9.17) is 0 Å². The number of fused-ring (bicyclic) bond motifs is 1. The van der Waals surface area contributed by atoms with Crippen LogP contribution in [0.4, 0.5) is 0 Å². The van der Waals surface area contributed by atoms with Gasteiger partial charge in [0.15, 0.2) is 6.29 Å². The Kier molecular flexibility index (Phi) is 2.61. The molecule has 0 fully saturated rings. The van der Waals surface area contributed by atoms with Gasteiger partial charge in [-0.25, -0.2) is 0 Å². The van der Waals surface area contributed by atoms with E-state index in [-0.39, 0.29) is 0 Å². The van der Waals surface area contributed by atoms with Gasteiger partial charge in [0.05, 0.1) is 0 Å². The second-order valence-electron chi connectivity index (χ2n) is 3.10. The van der Waals surface area contributed by atoms with Gasteiger partial charge in [0.1, 0.15) is 0 Å². The fraction of sp³-hybridized carbons (Fsp3) is 0.182. The molecule has 1 aromatic heterocycles. The molecule has 0 bridgehead atoms. The molecule has 1 nitrogen and oxygen atoms in total. The SMILES string of the molecule is CSc1ccc(C=O)c2c(C)csc12. The topological polar surface area (TPSA) is 17.1 Å². The number of rotatable bonds is 2. The standard InChI is InChI=1S/C11H10OS2/c1-7-6-14-11-9(13-2)4-3-8(5-12)10(7)11/h3-6H,1-2H3. The summed E-state index contributed by atoms with van der Waals surface area (Å²) in [6.07, 6.45) is 3.00. The van der Waals surface area contributed by atoms with Gasteiger partial charge in [-0.1, -0.05) is 0 Å². The number of hydrogen-bond acceptors (Lipinski definition) is 3. The maximum absolute atomic E-state index is 10.9. The predicted octanol–water partition coefficient (Wildman–Crippen LogP) is 3.74. The lowest BCUT2D eigenvalue weighted by Gasteiger charge is -2.01. The Labute approximate surface area is 91.1 Å². The van der Waals surface area contributed by atoms with E-state index in [1.54, 1.807) is 23.1 Å². The third-order valence-corrected chi connectivity index (χ3v) is 4.29. The maximum Gasteiger partial charge on any atom is 0.150 e. The van der Waals surface area contributed by atoms with Gasteiger partial charge in [0, 0.05) is 20.5 Å². The van der Waals surface area contributed by atoms with Crippen LogP contribution in [0.15, 0.2) is 22.4 Å². The molecule has 2 rings (SSSR count). The van der Waals surface area contributed by atoms with Crippen molar-refractivity contribution in [2.24, 2.45) is 0 Å². The molecular weight excluding hydrogens is 212 g/mol. The Morgan fingerprint density at radius 2 is 2.21 bits per heavy atom. The monoisotopic (exact) mass is 222 g/mol. The molecule has 0 saturated carbocycles. The Bertz CT molecular complexity index is 485. The van der Waals surface area contributed by atoms with Gasteiger partial charge in [-0.3, -0.25) is 4.79 Å². The van der Waals surface area contributed by atoms with Crippen LogP contribution in [0.2, 0.25) is 0 Å². The lowest BCUT2D eigenvalue weighted by atomic mass is 10.1. The summed E-state index contributed by atoms with van der Waals surface area (Å²) in [5, 5.41) is 3.23. The summed E-state index contributed by atoms with van der Waals surface area (Å²) in [5.74, 6) is 0. The summed E-state index contributed by atoms with van der Waals surface area (Å²) in [5.41, 5.74) is 2.00. The molecule has 14 heavy (non-hydrogen) atoms. The quantitative estimate of drug-likeness (QED) is 0.568. The molecule has 0 aliphatic heterocycles. The Morgan fingerprint density at radius 3 is 2.86 bits per heavy atom. The van der Waals surface area contributed by atoms with E-state index in [1.165, 1.54) is 15.2 Å². The van der Waals surface area contributed by atoms with Gasteiger partial charge in [-0.2, -0.15) is 0 Å². The molecule has 0 radical (unpaired) electrons. The van der Waals surface area contributed by atoms with Gasteiger partial charge in [0.2, 0.25) is 0 Å². The third kappa shape index (κ3) is 1.37. The number of benzene rings is 1. The minimum absolute atomic E-state index is 0.802. The molecule has 3 heteroatoms. The molecule has 72 valence electrons. The van der Waals surface area contributed by atoms with E-state index in [1.807, 2.05) is 12.1 Å². The molecule has 0 N–H and O–H groups in total. The Morgan fingerprint density at radius 1 is 1.43 bits per heavy atom. The number of carbonyl (C=O) groups excluding carboxylic acids is 1. The highest BCUT2D eigenvalue weighted by molar-refractivity contribution is 7.99. The van der Waals surface area contributed by atoms with E-state index < -0.39 is 0 Å². The van der Waals surface area contributed by atoms with Crippen molar-refractivity contribution in [3.8, 4) is 0 Å².